The van der Waals surface area contributed by atoms with Gasteiger partial charge in [0.2, 0.25) is 0 Å². The van der Waals surface area contributed by atoms with Crippen molar-refractivity contribution in [2.24, 2.45) is 0 Å². The van der Waals surface area contributed by atoms with E-state index in [0.717, 1.165) is 46.5 Å². The van der Waals surface area contributed by atoms with Gasteiger partial charge in [-0.05, 0) is 65.4 Å². The number of tetrazole rings is 1. The highest BCUT2D eigenvalue weighted by Gasteiger charge is 2.58. The molecule has 0 fully saturated rings. The van der Waals surface area contributed by atoms with Crippen molar-refractivity contribution in [3.63, 3.8) is 0 Å². The molecule has 7 nitrogen and oxygen atoms in total. The first-order valence-corrected chi connectivity index (χ1v) is 12.7. The van der Waals surface area contributed by atoms with Gasteiger partial charge in [0.1, 0.15) is 36.0 Å². The lowest BCUT2D eigenvalue weighted by Gasteiger charge is -2.35. The number of benzene rings is 3. The van der Waals surface area contributed by atoms with Crippen molar-refractivity contribution in [1.82, 2.24) is 25.2 Å². The lowest BCUT2D eigenvalue weighted by atomic mass is 9.84. The van der Waals surface area contributed by atoms with Gasteiger partial charge in [-0.3, -0.25) is 4.98 Å². The third kappa shape index (κ3) is 6.14. The number of ether oxygens (including phenoxy) is 1. The first-order chi connectivity index (χ1) is 20.1. The van der Waals surface area contributed by atoms with Crippen LogP contribution in [0.25, 0.3) is 0 Å². The summed E-state index contributed by atoms with van der Waals surface area (Å²) in [6, 6.07) is 19.3. The Balaban J connectivity index is 1.36. The summed E-state index contributed by atoms with van der Waals surface area (Å²) in [4.78, 5) is 3.82. The van der Waals surface area contributed by atoms with Gasteiger partial charge in [-0.2, -0.15) is 8.78 Å². The second-order valence-electron chi connectivity index (χ2n) is 9.55. The van der Waals surface area contributed by atoms with Gasteiger partial charge in [0, 0.05) is 29.0 Å². The molecule has 1 atom stereocenters. The summed E-state index contributed by atoms with van der Waals surface area (Å²) >= 11 is 0. The monoisotopic (exact) mass is 573 g/mol. The second-order valence-corrected chi connectivity index (χ2v) is 9.55. The van der Waals surface area contributed by atoms with Crippen LogP contribution in [0.1, 0.15) is 33.5 Å². The van der Waals surface area contributed by atoms with E-state index in [-0.39, 0.29) is 0 Å². The van der Waals surface area contributed by atoms with Crippen molar-refractivity contribution in [3.8, 4) is 17.6 Å². The molecule has 212 valence electrons. The van der Waals surface area contributed by atoms with Crippen molar-refractivity contribution in [1.29, 1.82) is 0 Å². The van der Waals surface area contributed by atoms with Gasteiger partial charge in [-0.1, -0.05) is 47.7 Å². The van der Waals surface area contributed by atoms with Crippen molar-refractivity contribution in [2.75, 3.05) is 0 Å². The zero-order chi connectivity index (χ0) is 29.7. The second kappa shape index (κ2) is 11.8. The highest BCUT2D eigenvalue weighted by atomic mass is 19.3. The molecular formula is C31H23F4N5O2. The average Bonchev–Trinajstić information content (AvgIpc) is 3.49. The number of pyridine rings is 1. The van der Waals surface area contributed by atoms with E-state index in [0.29, 0.717) is 29.5 Å². The molecule has 5 rings (SSSR count). The Morgan fingerprint density at radius 3 is 2.40 bits per heavy atom. The molecule has 1 N–H and O–H groups in total. The van der Waals surface area contributed by atoms with Crippen LogP contribution in [0, 0.1) is 30.4 Å². The van der Waals surface area contributed by atoms with E-state index >= 15 is 8.78 Å². The number of alkyl halides is 2. The van der Waals surface area contributed by atoms with Crippen LogP contribution in [0.2, 0.25) is 0 Å². The molecule has 42 heavy (non-hydrogen) atoms. The first kappa shape index (κ1) is 28.4. The van der Waals surface area contributed by atoms with Crippen LogP contribution >= 0.6 is 0 Å². The molecule has 0 saturated heterocycles. The highest BCUT2D eigenvalue weighted by molar-refractivity contribution is 5.45. The molecule has 0 aliphatic carbocycles. The van der Waals surface area contributed by atoms with Gasteiger partial charge >= 0.3 is 5.92 Å². The molecule has 0 aliphatic heterocycles. The Kier molecular flexibility index (Phi) is 7.99. The molecule has 5 aromatic rings. The molecule has 11 heteroatoms. The minimum absolute atomic E-state index is 0.317. The third-order valence-electron chi connectivity index (χ3n) is 6.47. The largest absolute Gasteiger partial charge is 0.489 e. The zero-order valence-electron chi connectivity index (χ0n) is 22.2. The van der Waals surface area contributed by atoms with E-state index in [1.165, 1.54) is 6.07 Å². The Hall–Kier alpha value is -5.08. The van der Waals surface area contributed by atoms with Crippen molar-refractivity contribution < 1.29 is 27.4 Å². The zero-order valence-corrected chi connectivity index (χ0v) is 22.2. The maximum absolute atomic E-state index is 15.9. The summed E-state index contributed by atoms with van der Waals surface area (Å²) in [5, 5.41) is 21.5. The molecule has 2 heterocycles. The fourth-order valence-electron chi connectivity index (χ4n) is 4.19. The van der Waals surface area contributed by atoms with Crippen molar-refractivity contribution >= 4 is 0 Å². The summed E-state index contributed by atoms with van der Waals surface area (Å²) < 4.78 is 66.7. The standard InChI is InChI=1S/C31H23F4N5O2/c1-21-5-7-24(8-6-21)18-42-26-4-2-3-22(15-26)9-10-23-11-14-29(36-17-23)31(34,35)30(41,19-40-20-37-38-39-40)27-13-12-25(32)16-28(27)33/h2-8,11-17,20,41H,18-19H2,1H3. The number of nitrogens with zero attached hydrogens (tertiary/aromatic N) is 5. The number of hydrogen-bond donors (Lipinski definition) is 1. The SMILES string of the molecule is Cc1ccc(COc2cccc(C#Cc3ccc(C(F)(F)C(O)(Cn4cnnn4)c4ccc(F)cc4F)nc3)c2)cc1. The summed E-state index contributed by atoms with van der Waals surface area (Å²) in [5.41, 5.74) is -1.81. The van der Waals surface area contributed by atoms with E-state index in [1.54, 1.807) is 24.3 Å². The molecule has 0 amide bonds. The molecule has 0 bridgehead atoms. The molecule has 1 unspecified atom stereocenters. The van der Waals surface area contributed by atoms with E-state index in [4.69, 9.17) is 4.74 Å². The number of aliphatic hydroxyl groups is 1. The Bertz CT molecular complexity index is 1730. The minimum atomic E-state index is -4.16. The fraction of sp³-hybridized carbons (Fsp3) is 0.161. The molecule has 0 spiro atoms. The Morgan fingerprint density at radius 2 is 1.71 bits per heavy atom. The molecule has 0 saturated carbocycles. The van der Waals surface area contributed by atoms with Crippen LogP contribution in [0.15, 0.2) is 91.4 Å². The maximum Gasteiger partial charge on any atom is 0.323 e. The molecule has 3 aromatic carbocycles. The number of hydrogen-bond acceptors (Lipinski definition) is 6. The van der Waals surface area contributed by atoms with Gasteiger partial charge < -0.3 is 9.84 Å². The number of rotatable bonds is 8. The van der Waals surface area contributed by atoms with Gasteiger partial charge in [-0.25, -0.2) is 13.5 Å². The minimum Gasteiger partial charge on any atom is -0.489 e. The quantitative estimate of drug-likeness (QED) is 0.200. The van der Waals surface area contributed by atoms with E-state index in [9.17, 15) is 13.9 Å². The lowest BCUT2D eigenvalue weighted by Crippen LogP contribution is -2.48. The van der Waals surface area contributed by atoms with E-state index < -0.39 is 41.0 Å². The molecule has 2 aromatic heterocycles. The van der Waals surface area contributed by atoms with Crippen LogP contribution in [-0.4, -0.2) is 30.3 Å². The van der Waals surface area contributed by atoms with Crippen LogP contribution in [0.5, 0.6) is 5.75 Å². The third-order valence-corrected chi connectivity index (χ3v) is 6.47. The van der Waals surface area contributed by atoms with E-state index in [1.807, 2.05) is 31.2 Å². The topological polar surface area (TPSA) is 86.0 Å². The molecule has 0 radical (unpaired) electrons. The first-order valence-electron chi connectivity index (χ1n) is 12.7. The van der Waals surface area contributed by atoms with E-state index in [2.05, 4.69) is 32.4 Å². The Labute approximate surface area is 238 Å². The summed E-state index contributed by atoms with van der Waals surface area (Å²) in [6.07, 6.45) is 2.10. The predicted octanol–water partition coefficient (Wildman–Crippen LogP) is 5.31. The number of halogens is 4. The van der Waals surface area contributed by atoms with Crippen LogP contribution < -0.4 is 4.74 Å². The van der Waals surface area contributed by atoms with Gasteiger partial charge in [-0.15, -0.1) is 5.10 Å². The number of aryl methyl sites for hydroxylation is 1. The normalized spacial score (nSPS) is 12.7. The summed E-state index contributed by atoms with van der Waals surface area (Å²) in [7, 11) is 0. The van der Waals surface area contributed by atoms with Gasteiger partial charge in [0.15, 0.2) is 5.60 Å². The van der Waals surface area contributed by atoms with Crippen molar-refractivity contribution in [3.05, 3.63) is 137 Å². The lowest BCUT2D eigenvalue weighted by molar-refractivity contribution is -0.207. The van der Waals surface area contributed by atoms with Crippen molar-refractivity contribution in [2.45, 2.75) is 31.6 Å². The smallest absolute Gasteiger partial charge is 0.323 e. The van der Waals surface area contributed by atoms with Gasteiger partial charge in [0.25, 0.3) is 0 Å². The Morgan fingerprint density at radius 1 is 0.929 bits per heavy atom. The maximum atomic E-state index is 15.9. The average molecular weight is 574 g/mol. The predicted molar refractivity (Wildman–Crippen MR) is 144 cm³/mol. The molecule has 0 aliphatic rings. The van der Waals surface area contributed by atoms with Crippen LogP contribution in [-0.2, 0) is 24.7 Å². The van der Waals surface area contributed by atoms with Crippen LogP contribution in [0.3, 0.4) is 0 Å². The summed E-state index contributed by atoms with van der Waals surface area (Å²) in [6.45, 7) is 1.45. The number of aromatic nitrogens is 5. The highest BCUT2D eigenvalue weighted by Crippen LogP contribution is 2.46. The summed E-state index contributed by atoms with van der Waals surface area (Å²) in [5.74, 6) is -0.0915. The van der Waals surface area contributed by atoms with Crippen LogP contribution in [0.4, 0.5) is 17.6 Å². The van der Waals surface area contributed by atoms with Gasteiger partial charge in [0.05, 0.1) is 6.54 Å². The molecular weight excluding hydrogens is 550 g/mol. The fourth-order valence-corrected chi connectivity index (χ4v) is 4.19.